The lowest BCUT2D eigenvalue weighted by molar-refractivity contribution is 0.0991. The first kappa shape index (κ1) is 12.0. The maximum absolute atomic E-state index is 12.9. The number of fused-ring (bicyclic) bond motifs is 2. The monoisotopic (exact) mass is 277 g/mol. The van der Waals surface area contributed by atoms with Crippen LogP contribution < -0.4 is 10.6 Å². The van der Waals surface area contributed by atoms with Gasteiger partial charge in [-0.1, -0.05) is 18.2 Å². The molecule has 4 rings (SSSR count). The fourth-order valence-electron chi connectivity index (χ4n) is 3.01. The summed E-state index contributed by atoms with van der Waals surface area (Å²) < 4.78 is 0. The number of hydrogen-bond donors (Lipinski definition) is 2. The van der Waals surface area contributed by atoms with Crippen LogP contribution in [-0.4, -0.2) is 17.4 Å². The molecule has 0 bridgehead atoms. The molecule has 1 aromatic heterocycles. The molecule has 0 saturated heterocycles. The Balaban J connectivity index is 1.80. The summed E-state index contributed by atoms with van der Waals surface area (Å²) >= 11 is 0. The molecule has 0 atom stereocenters. The Morgan fingerprint density at radius 3 is 2.95 bits per heavy atom. The quantitative estimate of drug-likeness (QED) is 0.672. The van der Waals surface area contributed by atoms with E-state index in [1.54, 1.807) is 6.20 Å². The van der Waals surface area contributed by atoms with Crippen molar-refractivity contribution in [3.05, 3.63) is 59.8 Å². The Kier molecular flexibility index (Phi) is 2.51. The average molecular weight is 277 g/mol. The third-order valence-corrected chi connectivity index (χ3v) is 4.07. The number of nitrogen functional groups attached to an aromatic ring is 1. The Labute approximate surface area is 122 Å². The number of carbonyl (C=O) groups excluding carboxylic acids is 1. The van der Waals surface area contributed by atoms with Crippen LogP contribution in [0, 0.1) is 0 Å². The molecule has 1 aliphatic heterocycles. The summed E-state index contributed by atoms with van der Waals surface area (Å²) in [7, 11) is 0. The number of aromatic nitrogens is 1. The minimum Gasteiger partial charge on any atom is -0.399 e. The average Bonchev–Trinajstić information content (AvgIpc) is 3.10. The second kappa shape index (κ2) is 4.38. The summed E-state index contributed by atoms with van der Waals surface area (Å²) in [6.45, 7) is 0.729. The van der Waals surface area contributed by atoms with Crippen LogP contribution in [0.3, 0.4) is 0 Å². The van der Waals surface area contributed by atoms with E-state index in [9.17, 15) is 4.79 Å². The Bertz CT molecular complexity index is 850. The van der Waals surface area contributed by atoms with Crippen molar-refractivity contribution in [3.8, 4) is 0 Å². The van der Waals surface area contributed by atoms with E-state index < -0.39 is 0 Å². The van der Waals surface area contributed by atoms with Gasteiger partial charge in [0.2, 0.25) is 0 Å². The van der Waals surface area contributed by atoms with Crippen LogP contribution in [0.25, 0.3) is 10.9 Å². The molecule has 3 aromatic rings. The molecule has 3 N–H and O–H groups in total. The van der Waals surface area contributed by atoms with E-state index in [-0.39, 0.29) is 5.91 Å². The van der Waals surface area contributed by atoms with Crippen LogP contribution in [-0.2, 0) is 6.42 Å². The number of benzene rings is 2. The fourth-order valence-corrected chi connectivity index (χ4v) is 3.01. The van der Waals surface area contributed by atoms with E-state index in [1.807, 2.05) is 41.3 Å². The van der Waals surface area contributed by atoms with E-state index in [0.29, 0.717) is 11.3 Å². The van der Waals surface area contributed by atoms with Crippen molar-refractivity contribution in [2.24, 2.45) is 0 Å². The molecule has 21 heavy (non-hydrogen) atoms. The zero-order valence-corrected chi connectivity index (χ0v) is 11.5. The zero-order chi connectivity index (χ0) is 14.4. The van der Waals surface area contributed by atoms with Crippen molar-refractivity contribution < 1.29 is 4.79 Å². The largest absolute Gasteiger partial charge is 0.399 e. The predicted molar refractivity (Wildman–Crippen MR) is 84.5 cm³/mol. The van der Waals surface area contributed by atoms with Gasteiger partial charge in [0.1, 0.15) is 0 Å². The van der Waals surface area contributed by atoms with Gasteiger partial charge in [-0.2, -0.15) is 0 Å². The molecule has 0 fully saturated rings. The number of amides is 1. The molecular weight excluding hydrogens is 262 g/mol. The number of aromatic amines is 1. The smallest absolute Gasteiger partial charge is 0.260 e. The van der Waals surface area contributed by atoms with E-state index in [1.165, 1.54) is 5.56 Å². The number of para-hydroxylation sites is 1. The molecule has 1 aliphatic rings. The molecule has 0 radical (unpaired) electrons. The standard InChI is InChI=1S/C17H15N3O/c18-12-5-6-15-13(9-12)14(10-19-15)17(21)20-8-7-11-3-1-2-4-16(11)20/h1-6,9-10,19H,7-8,18H2. The molecule has 4 nitrogen and oxygen atoms in total. The topological polar surface area (TPSA) is 62.1 Å². The SMILES string of the molecule is Nc1ccc2[nH]cc(C(=O)N3CCc4ccccc43)c2c1. The van der Waals surface area contributed by atoms with Crippen LogP contribution in [0.4, 0.5) is 11.4 Å². The highest BCUT2D eigenvalue weighted by molar-refractivity contribution is 6.15. The molecule has 0 aliphatic carbocycles. The molecule has 104 valence electrons. The Hall–Kier alpha value is -2.75. The van der Waals surface area contributed by atoms with Crippen molar-refractivity contribution in [1.82, 2.24) is 4.98 Å². The minimum atomic E-state index is 0.0248. The lowest BCUT2D eigenvalue weighted by Gasteiger charge is -2.16. The second-order valence-corrected chi connectivity index (χ2v) is 5.34. The van der Waals surface area contributed by atoms with E-state index in [2.05, 4.69) is 11.1 Å². The summed E-state index contributed by atoms with van der Waals surface area (Å²) in [6.07, 6.45) is 2.68. The summed E-state index contributed by atoms with van der Waals surface area (Å²) in [5.41, 5.74) is 10.4. The zero-order valence-electron chi connectivity index (χ0n) is 11.5. The maximum Gasteiger partial charge on any atom is 0.260 e. The number of carbonyl (C=O) groups is 1. The van der Waals surface area contributed by atoms with Gasteiger partial charge in [-0.05, 0) is 36.2 Å². The number of nitrogens with zero attached hydrogens (tertiary/aromatic N) is 1. The highest BCUT2D eigenvalue weighted by Gasteiger charge is 2.26. The van der Waals surface area contributed by atoms with Crippen LogP contribution in [0.5, 0.6) is 0 Å². The molecule has 1 amide bonds. The fraction of sp³-hybridized carbons (Fsp3) is 0.118. The van der Waals surface area contributed by atoms with Gasteiger partial charge in [0, 0.05) is 35.0 Å². The first-order valence-electron chi connectivity index (χ1n) is 7.00. The molecule has 4 heteroatoms. The first-order valence-corrected chi connectivity index (χ1v) is 7.00. The van der Waals surface area contributed by atoms with Gasteiger partial charge in [0.15, 0.2) is 0 Å². The lowest BCUT2D eigenvalue weighted by atomic mass is 10.1. The van der Waals surface area contributed by atoms with Gasteiger partial charge < -0.3 is 15.6 Å². The second-order valence-electron chi connectivity index (χ2n) is 5.34. The number of rotatable bonds is 1. The molecule has 0 spiro atoms. The number of nitrogens with two attached hydrogens (primary N) is 1. The highest BCUT2D eigenvalue weighted by atomic mass is 16.2. The van der Waals surface area contributed by atoms with Crippen molar-refractivity contribution >= 4 is 28.2 Å². The van der Waals surface area contributed by atoms with E-state index in [4.69, 9.17) is 5.73 Å². The highest BCUT2D eigenvalue weighted by Crippen LogP contribution is 2.30. The minimum absolute atomic E-state index is 0.0248. The molecule has 0 unspecified atom stereocenters. The van der Waals surface area contributed by atoms with Crippen molar-refractivity contribution in [2.75, 3.05) is 17.2 Å². The number of H-pyrrole nitrogens is 1. The number of hydrogen-bond acceptors (Lipinski definition) is 2. The summed E-state index contributed by atoms with van der Waals surface area (Å²) in [4.78, 5) is 17.9. The molecule has 0 saturated carbocycles. The van der Waals surface area contributed by atoms with E-state index in [0.717, 1.165) is 29.6 Å². The summed E-state index contributed by atoms with van der Waals surface area (Å²) in [6, 6.07) is 13.6. The first-order chi connectivity index (χ1) is 10.2. The van der Waals surface area contributed by atoms with Crippen molar-refractivity contribution in [2.45, 2.75) is 6.42 Å². The molecular formula is C17H15N3O. The van der Waals surface area contributed by atoms with Gasteiger partial charge in [-0.15, -0.1) is 0 Å². The predicted octanol–water partition coefficient (Wildman–Crippen LogP) is 2.95. The third kappa shape index (κ3) is 1.80. The van der Waals surface area contributed by atoms with Crippen LogP contribution in [0.2, 0.25) is 0 Å². The normalized spacial score (nSPS) is 13.6. The molecule has 2 heterocycles. The van der Waals surface area contributed by atoms with Gasteiger partial charge in [-0.25, -0.2) is 0 Å². The Morgan fingerprint density at radius 1 is 1.19 bits per heavy atom. The van der Waals surface area contributed by atoms with Crippen LogP contribution in [0.1, 0.15) is 15.9 Å². The number of nitrogens with one attached hydrogen (secondary N) is 1. The third-order valence-electron chi connectivity index (χ3n) is 4.07. The number of anilines is 2. The maximum atomic E-state index is 12.9. The van der Waals surface area contributed by atoms with Gasteiger partial charge in [0.05, 0.1) is 5.56 Å². The Morgan fingerprint density at radius 2 is 2.05 bits per heavy atom. The van der Waals surface area contributed by atoms with Crippen LogP contribution >= 0.6 is 0 Å². The van der Waals surface area contributed by atoms with Crippen molar-refractivity contribution in [1.29, 1.82) is 0 Å². The summed E-state index contributed by atoms with van der Waals surface area (Å²) in [5, 5.41) is 0.879. The molecule has 2 aromatic carbocycles. The van der Waals surface area contributed by atoms with Crippen LogP contribution in [0.15, 0.2) is 48.7 Å². The van der Waals surface area contributed by atoms with Gasteiger partial charge in [-0.3, -0.25) is 4.79 Å². The lowest BCUT2D eigenvalue weighted by Crippen LogP contribution is -2.28. The van der Waals surface area contributed by atoms with Gasteiger partial charge in [0.25, 0.3) is 5.91 Å². The van der Waals surface area contributed by atoms with E-state index >= 15 is 0 Å². The van der Waals surface area contributed by atoms with Crippen molar-refractivity contribution in [3.63, 3.8) is 0 Å². The summed E-state index contributed by atoms with van der Waals surface area (Å²) in [5.74, 6) is 0.0248. The van der Waals surface area contributed by atoms with Gasteiger partial charge >= 0.3 is 0 Å².